The van der Waals surface area contributed by atoms with Crippen molar-refractivity contribution in [3.63, 3.8) is 0 Å². The van der Waals surface area contributed by atoms with Crippen LogP contribution in [-0.4, -0.2) is 40.9 Å². The molecule has 2 aliphatic rings. The number of halogens is 1. The molecule has 2 heterocycles. The first-order valence-corrected chi connectivity index (χ1v) is 9.91. The van der Waals surface area contributed by atoms with E-state index in [2.05, 4.69) is 10.6 Å². The van der Waals surface area contributed by atoms with Gasteiger partial charge in [-0.15, -0.1) is 0 Å². The van der Waals surface area contributed by atoms with E-state index < -0.39 is 18.6 Å². The molecule has 5 nitrogen and oxygen atoms in total. The fraction of sp³-hybridized carbons (Fsp3) is 0.467. The van der Waals surface area contributed by atoms with Gasteiger partial charge in [-0.2, -0.15) is 0 Å². The van der Waals surface area contributed by atoms with E-state index in [0.29, 0.717) is 30.7 Å². The molecule has 2 amide bonds. The summed E-state index contributed by atoms with van der Waals surface area (Å²) in [6.07, 6.45) is 3.15. The van der Waals surface area contributed by atoms with E-state index in [0.717, 1.165) is 6.42 Å². The number of nitrogens with one attached hydrogen (secondary N) is 2. The second kappa shape index (κ2) is 5.60. The second-order valence-electron chi connectivity index (χ2n) is 6.41. The molecular formula is C15H20FN2O3P. The van der Waals surface area contributed by atoms with Crippen LogP contribution in [0.1, 0.15) is 18.4 Å². The molecular weight excluding hydrogens is 306 g/mol. The van der Waals surface area contributed by atoms with E-state index in [4.69, 9.17) is 0 Å². The molecule has 22 heavy (non-hydrogen) atoms. The summed E-state index contributed by atoms with van der Waals surface area (Å²) in [5.74, 6) is -0.959. The van der Waals surface area contributed by atoms with Crippen molar-refractivity contribution in [3.8, 4) is 0 Å². The average molecular weight is 326 g/mol. The summed E-state index contributed by atoms with van der Waals surface area (Å²) >= 11 is 0. The van der Waals surface area contributed by atoms with Gasteiger partial charge in [-0.05, 0) is 0 Å². The van der Waals surface area contributed by atoms with E-state index in [1.807, 2.05) is 0 Å². The Kier molecular flexibility index (Phi) is 3.91. The van der Waals surface area contributed by atoms with E-state index in [1.54, 1.807) is 12.1 Å². The number of carbonyl (C=O) groups is 2. The Bertz CT molecular complexity index is 614. The Balaban J connectivity index is 1.69. The Labute approximate surface area is 128 Å². The molecule has 1 aromatic rings. The number of fused-ring (bicyclic) bond motifs is 2. The summed E-state index contributed by atoms with van der Waals surface area (Å²) in [6, 6.07) is 6.10. The molecule has 2 aliphatic heterocycles. The standard InChI is InChI=1S/C15H20FN2O3P/c16-12-3-1-2-11(6-12)8-17-14(21)22-5-4-15(9-22,18-10-19)7-13(22)20/h1-3,6,10,13,20,22H,4-5,7-9H2,(H,17,21)(H,18,19). The van der Waals surface area contributed by atoms with Gasteiger partial charge in [0, 0.05) is 0 Å². The number of hydrogen-bond acceptors (Lipinski definition) is 3. The van der Waals surface area contributed by atoms with Crippen molar-refractivity contribution in [1.82, 2.24) is 10.6 Å². The second-order valence-corrected chi connectivity index (χ2v) is 10.7. The van der Waals surface area contributed by atoms with Gasteiger partial charge >= 0.3 is 128 Å². The fourth-order valence-corrected chi connectivity index (χ4v) is 9.14. The topological polar surface area (TPSA) is 78.4 Å². The molecule has 0 aromatic heterocycles. The van der Waals surface area contributed by atoms with Gasteiger partial charge < -0.3 is 0 Å². The molecule has 3 rings (SSSR count). The van der Waals surface area contributed by atoms with Gasteiger partial charge in [-0.3, -0.25) is 0 Å². The minimum atomic E-state index is -2.53. The molecule has 120 valence electrons. The third-order valence-electron chi connectivity index (χ3n) is 5.08. The first-order valence-electron chi connectivity index (χ1n) is 7.42. The third-order valence-corrected chi connectivity index (χ3v) is 10.1. The van der Waals surface area contributed by atoms with Crippen LogP contribution in [0.5, 0.6) is 0 Å². The van der Waals surface area contributed by atoms with E-state index >= 15 is 0 Å². The van der Waals surface area contributed by atoms with Gasteiger partial charge in [0.2, 0.25) is 0 Å². The molecule has 0 radical (unpaired) electrons. The average Bonchev–Trinajstić information content (AvgIpc) is 2.98. The van der Waals surface area contributed by atoms with Crippen molar-refractivity contribution in [1.29, 1.82) is 0 Å². The number of aliphatic hydroxyl groups excluding tert-OH is 1. The number of aliphatic hydroxyl groups is 1. The van der Waals surface area contributed by atoms with E-state index in [-0.39, 0.29) is 18.0 Å². The number of benzene rings is 1. The summed E-state index contributed by atoms with van der Waals surface area (Å²) in [7, 11) is -2.53. The molecule has 2 atom stereocenters. The Hall–Kier alpha value is -1.52. The predicted molar refractivity (Wildman–Crippen MR) is 83.9 cm³/mol. The van der Waals surface area contributed by atoms with Crippen LogP contribution in [0.4, 0.5) is 9.18 Å². The van der Waals surface area contributed by atoms with Crippen LogP contribution in [0, 0.1) is 5.82 Å². The number of hydrogen-bond donors (Lipinski definition) is 3. The molecule has 0 aliphatic carbocycles. The SMILES string of the molecule is O=CNC12CC[PH](C(=O)NCc3cccc(F)c3)(C1)C(O)C2. The Morgan fingerprint density at radius 3 is 3.05 bits per heavy atom. The summed E-state index contributed by atoms with van der Waals surface area (Å²) in [6.45, 7) is 0.256. The van der Waals surface area contributed by atoms with Crippen LogP contribution in [0.2, 0.25) is 0 Å². The maximum absolute atomic E-state index is 13.2. The molecule has 7 heteroatoms. The predicted octanol–water partition coefficient (Wildman–Crippen LogP) is 1.40. The Morgan fingerprint density at radius 2 is 2.36 bits per heavy atom. The molecule has 0 saturated carbocycles. The number of amides is 2. The zero-order valence-corrected chi connectivity index (χ0v) is 13.1. The third kappa shape index (κ3) is 2.50. The summed E-state index contributed by atoms with van der Waals surface area (Å²) in [5, 5.41) is 16.0. The van der Waals surface area contributed by atoms with Crippen LogP contribution in [0.3, 0.4) is 0 Å². The monoisotopic (exact) mass is 326 g/mol. The molecule has 2 bridgehead atoms. The van der Waals surface area contributed by atoms with Crippen molar-refractivity contribution < 1.29 is 19.1 Å². The van der Waals surface area contributed by atoms with Crippen LogP contribution in [0.25, 0.3) is 0 Å². The summed E-state index contributed by atoms with van der Waals surface area (Å²) < 4.78 is 13.2. The van der Waals surface area contributed by atoms with Crippen LogP contribution in [-0.2, 0) is 11.3 Å². The molecule has 2 unspecified atom stereocenters. The zero-order valence-electron chi connectivity index (χ0n) is 12.1. The van der Waals surface area contributed by atoms with Crippen LogP contribution >= 0.6 is 7.26 Å². The zero-order chi connectivity index (χ0) is 15.8. The van der Waals surface area contributed by atoms with Crippen molar-refractivity contribution in [3.05, 3.63) is 35.6 Å². The van der Waals surface area contributed by atoms with E-state index in [1.165, 1.54) is 12.1 Å². The van der Waals surface area contributed by atoms with Crippen molar-refractivity contribution in [2.75, 3.05) is 12.3 Å². The van der Waals surface area contributed by atoms with Gasteiger partial charge in [0.05, 0.1) is 0 Å². The molecule has 2 saturated heterocycles. The summed E-state index contributed by atoms with van der Waals surface area (Å²) in [5.41, 5.74) is 0.210. The molecule has 3 N–H and O–H groups in total. The quantitative estimate of drug-likeness (QED) is 0.565. The normalized spacial score (nSPS) is 29.8. The number of carbonyl (C=O) groups excluding carboxylic acids is 2. The Morgan fingerprint density at radius 1 is 1.55 bits per heavy atom. The van der Waals surface area contributed by atoms with Crippen molar-refractivity contribution >= 4 is 19.3 Å². The van der Waals surface area contributed by atoms with Gasteiger partial charge in [0.15, 0.2) is 0 Å². The van der Waals surface area contributed by atoms with Gasteiger partial charge in [-0.1, -0.05) is 0 Å². The first kappa shape index (κ1) is 15.4. The van der Waals surface area contributed by atoms with Crippen molar-refractivity contribution in [2.24, 2.45) is 0 Å². The summed E-state index contributed by atoms with van der Waals surface area (Å²) in [4.78, 5) is 23.4. The first-order chi connectivity index (χ1) is 10.5. The molecule has 0 spiro atoms. The van der Waals surface area contributed by atoms with Crippen LogP contribution < -0.4 is 10.6 Å². The van der Waals surface area contributed by atoms with Gasteiger partial charge in [-0.25, -0.2) is 0 Å². The minimum absolute atomic E-state index is 0.0867. The van der Waals surface area contributed by atoms with Crippen molar-refractivity contribution in [2.45, 2.75) is 30.8 Å². The fourth-order valence-electron chi connectivity index (χ4n) is 3.92. The molecule has 2 fully saturated rings. The van der Waals surface area contributed by atoms with Gasteiger partial charge in [0.25, 0.3) is 0 Å². The molecule has 1 aromatic carbocycles. The van der Waals surface area contributed by atoms with E-state index in [9.17, 15) is 19.1 Å². The van der Waals surface area contributed by atoms with Gasteiger partial charge in [0.1, 0.15) is 0 Å². The maximum atomic E-state index is 13.2. The van der Waals surface area contributed by atoms with Crippen LogP contribution in [0.15, 0.2) is 24.3 Å². The number of rotatable bonds is 5.